The summed E-state index contributed by atoms with van der Waals surface area (Å²) in [4.78, 5) is 0. The van der Waals surface area contributed by atoms with Gasteiger partial charge in [-0.25, -0.2) is 0 Å². The summed E-state index contributed by atoms with van der Waals surface area (Å²) in [6, 6.07) is 22.9. The predicted octanol–water partition coefficient (Wildman–Crippen LogP) is 13.6. The van der Waals surface area contributed by atoms with Crippen LogP contribution < -0.4 is 19.5 Å². The van der Waals surface area contributed by atoms with Crippen LogP contribution in [0, 0.1) is 0 Å². The summed E-state index contributed by atoms with van der Waals surface area (Å²) in [7, 11) is 0. The first-order valence-electron chi connectivity index (χ1n) is 22.3. The smallest absolute Gasteiger partial charge is 0.453 e. The molecule has 0 aliphatic carbocycles. The van der Waals surface area contributed by atoms with Gasteiger partial charge in [0.05, 0.1) is 13.2 Å². The fourth-order valence-electron chi connectivity index (χ4n) is 7.90. The summed E-state index contributed by atoms with van der Waals surface area (Å²) in [5.74, 6) is -1.09. The van der Waals surface area contributed by atoms with Crippen LogP contribution in [0.3, 0.4) is 0 Å². The van der Waals surface area contributed by atoms with Gasteiger partial charge in [0.15, 0.2) is 12.6 Å². The van der Waals surface area contributed by atoms with Crippen LogP contribution in [0.4, 0.5) is 22.0 Å². The normalized spacial score (nSPS) is 19.8. The molecule has 3 aliphatic rings. The first-order chi connectivity index (χ1) is 29.6. The van der Waals surface area contributed by atoms with Crippen LogP contribution in [-0.2, 0) is 9.47 Å². The number of halogens is 5. The minimum Gasteiger partial charge on any atom is -0.480 e. The molecule has 3 aromatic carbocycles. The van der Waals surface area contributed by atoms with Crippen LogP contribution in [0.5, 0.6) is 17.2 Å². The number of ether oxygens (including phenoxy) is 5. The lowest BCUT2D eigenvalue weighted by atomic mass is 9.86. The summed E-state index contributed by atoms with van der Waals surface area (Å²) in [5, 5.41) is 3.51. The molecule has 3 atom stereocenters. The highest BCUT2D eigenvalue weighted by Crippen LogP contribution is 2.48. The minimum absolute atomic E-state index is 0.126. The minimum atomic E-state index is -5.45. The Bertz CT molecular complexity index is 1840. The SMILES string of the molecule is CC1=C(c2cccc(OC3CCCCO3)c2)C(c2ccc(/C=C\CNCCCCCCCCCSCCCC(F)(F)C(F)(F)F)cc2)Oc2ccc(OC3CCCCO3)cc21. The number of fused-ring (bicyclic) bond motifs is 1. The van der Waals surface area contributed by atoms with Crippen molar-refractivity contribution in [3.63, 3.8) is 0 Å². The highest BCUT2D eigenvalue weighted by Gasteiger charge is 2.56. The van der Waals surface area contributed by atoms with Gasteiger partial charge in [-0.2, -0.15) is 33.7 Å². The van der Waals surface area contributed by atoms with Gasteiger partial charge in [-0.15, -0.1) is 0 Å². The van der Waals surface area contributed by atoms with Crippen molar-refractivity contribution >= 4 is 29.0 Å². The van der Waals surface area contributed by atoms with Crippen molar-refractivity contribution in [3.8, 4) is 17.2 Å². The van der Waals surface area contributed by atoms with Gasteiger partial charge in [0.1, 0.15) is 23.4 Å². The van der Waals surface area contributed by atoms with Gasteiger partial charge in [0, 0.05) is 36.9 Å². The molecule has 0 radical (unpaired) electrons. The molecular formula is C49H62F5NO5S. The van der Waals surface area contributed by atoms with Crippen LogP contribution in [0.25, 0.3) is 17.2 Å². The molecule has 2 saturated heterocycles. The van der Waals surface area contributed by atoms with E-state index in [2.05, 4.69) is 66.9 Å². The Morgan fingerprint density at radius 2 is 1.39 bits per heavy atom. The summed E-state index contributed by atoms with van der Waals surface area (Å²) >= 11 is 1.46. The van der Waals surface area contributed by atoms with Crippen molar-refractivity contribution in [1.29, 1.82) is 0 Å². The molecule has 61 heavy (non-hydrogen) atoms. The third kappa shape index (κ3) is 14.5. The molecule has 12 heteroatoms. The van der Waals surface area contributed by atoms with Gasteiger partial charge in [-0.05, 0) is 123 Å². The average molecular weight is 872 g/mol. The molecule has 1 N–H and O–H groups in total. The summed E-state index contributed by atoms with van der Waals surface area (Å²) in [6.07, 6.45) is 10.6. The number of nitrogens with one attached hydrogen (secondary N) is 1. The molecule has 0 saturated carbocycles. The number of thioether (sulfide) groups is 1. The van der Waals surface area contributed by atoms with E-state index in [0.29, 0.717) is 5.75 Å². The highest BCUT2D eigenvalue weighted by atomic mass is 32.2. The molecular weight excluding hydrogens is 810 g/mol. The van der Waals surface area contributed by atoms with Crippen molar-refractivity contribution in [2.75, 3.05) is 37.8 Å². The average Bonchev–Trinajstić information content (AvgIpc) is 3.25. The second-order valence-electron chi connectivity index (χ2n) is 16.2. The van der Waals surface area contributed by atoms with Crippen LogP contribution in [0.15, 0.2) is 72.8 Å². The Morgan fingerprint density at radius 1 is 0.738 bits per heavy atom. The molecule has 0 spiro atoms. The topological polar surface area (TPSA) is 58.2 Å². The van der Waals surface area contributed by atoms with Gasteiger partial charge in [-0.1, -0.05) is 80.7 Å². The van der Waals surface area contributed by atoms with Gasteiger partial charge in [-0.3, -0.25) is 0 Å². The van der Waals surface area contributed by atoms with E-state index in [-0.39, 0.29) is 25.1 Å². The van der Waals surface area contributed by atoms with Crippen molar-refractivity contribution in [2.24, 2.45) is 0 Å². The number of unbranched alkanes of at least 4 members (excludes halogenated alkanes) is 6. The molecule has 334 valence electrons. The number of hydrogen-bond donors (Lipinski definition) is 1. The van der Waals surface area contributed by atoms with Crippen molar-refractivity contribution < 1.29 is 45.6 Å². The van der Waals surface area contributed by atoms with E-state index in [0.717, 1.165) is 166 Å². The summed E-state index contributed by atoms with van der Waals surface area (Å²) in [5.41, 5.74) is 6.39. The molecule has 0 bridgehead atoms. The Hall–Kier alpha value is -3.58. The van der Waals surface area contributed by atoms with E-state index < -0.39 is 18.5 Å². The molecule has 0 amide bonds. The Labute approximate surface area is 363 Å². The van der Waals surface area contributed by atoms with E-state index in [9.17, 15) is 22.0 Å². The van der Waals surface area contributed by atoms with Crippen LogP contribution in [-0.4, -0.2) is 62.5 Å². The largest absolute Gasteiger partial charge is 0.480 e. The molecule has 0 aromatic heterocycles. The fourth-order valence-corrected chi connectivity index (χ4v) is 8.86. The maximum absolute atomic E-state index is 13.0. The zero-order chi connectivity index (χ0) is 42.9. The van der Waals surface area contributed by atoms with Gasteiger partial charge < -0.3 is 29.0 Å². The number of alkyl halides is 5. The number of allylic oxidation sites excluding steroid dienone is 1. The van der Waals surface area contributed by atoms with E-state index in [1.807, 2.05) is 24.3 Å². The first kappa shape index (κ1) is 46.9. The van der Waals surface area contributed by atoms with E-state index in [4.69, 9.17) is 23.7 Å². The summed E-state index contributed by atoms with van der Waals surface area (Å²) < 4.78 is 93.8. The zero-order valence-corrected chi connectivity index (χ0v) is 36.2. The maximum atomic E-state index is 13.0. The second-order valence-corrected chi connectivity index (χ2v) is 17.4. The molecule has 2 fully saturated rings. The van der Waals surface area contributed by atoms with E-state index in [1.165, 1.54) is 11.8 Å². The number of rotatable bonds is 23. The van der Waals surface area contributed by atoms with Crippen LogP contribution >= 0.6 is 11.8 Å². The Morgan fingerprint density at radius 3 is 2.07 bits per heavy atom. The number of benzene rings is 3. The van der Waals surface area contributed by atoms with Gasteiger partial charge >= 0.3 is 12.1 Å². The molecule has 3 heterocycles. The lowest BCUT2D eigenvalue weighted by molar-refractivity contribution is -0.284. The molecule has 3 unspecified atom stereocenters. The van der Waals surface area contributed by atoms with Gasteiger partial charge in [0.2, 0.25) is 0 Å². The zero-order valence-electron chi connectivity index (χ0n) is 35.4. The first-order valence-corrected chi connectivity index (χ1v) is 23.4. The molecule has 6 rings (SSSR count). The quantitative estimate of drug-likeness (QED) is 0.0752. The monoisotopic (exact) mass is 871 g/mol. The predicted molar refractivity (Wildman–Crippen MR) is 235 cm³/mol. The fraction of sp³-hybridized carbons (Fsp3) is 0.551. The van der Waals surface area contributed by atoms with E-state index >= 15 is 0 Å². The van der Waals surface area contributed by atoms with Crippen molar-refractivity contribution in [2.45, 2.75) is 134 Å². The van der Waals surface area contributed by atoms with Gasteiger partial charge in [0.25, 0.3) is 0 Å². The lowest BCUT2D eigenvalue weighted by Crippen LogP contribution is -2.36. The highest BCUT2D eigenvalue weighted by molar-refractivity contribution is 7.99. The second kappa shape index (κ2) is 23.7. The maximum Gasteiger partial charge on any atom is 0.453 e. The third-order valence-electron chi connectivity index (χ3n) is 11.4. The van der Waals surface area contributed by atoms with Crippen LogP contribution in [0.2, 0.25) is 0 Å². The van der Waals surface area contributed by atoms with Crippen molar-refractivity contribution in [1.82, 2.24) is 5.32 Å². The molecule has 6 nitrogen and oxygen atoms in total. The molecule has 3 aromatic rings. The van der Waals surface area contributed by atoms with E-state index in [1.54, 1.807) is 0 Å². The van der Waals surface area contributed by atoms with Crippen LogP contribution in [0.1, 0.15) is 132 Å². The van der Waals surface area contributed by atoms with Crippen molar-refractivity contribution in [3.05, 3.63) is 95.1 Å². The number of hydrogen-bond acceptors (Lipinski definition) is 7. The third-order valence-corrected chi connectivity index (χ3v) is 12.5. The summed E-state index contributed by atoms with van der Waals surface area (Å²) in [6.45, 7) is 5.33. The Balaban J connectivity index is 0.955. The molecule has 3 aliphatic heterocycles. The lowest BCUT2D eigenvalue weighted by Gasteiger charge is -2.32. The standard InChI is InChI=1S/C49H62F5NO5S/c1-36-42-35-41(59-45-20-8-11-31-57-45)25-26-43(42)60-47(46(36)39-17-13-18-40(34-39)58-44-19-7-10-30-56-44)38-23-21-37(22-24-38)16-14-29-55-28-9-5-3-2-4-6-12-32-61-33-15-27-48(50,51)49(52,53)54/h13-14,16-18,21-26,34-35,44-45,47,55H,2-12,15,19-20,27-33H2,1H3/b16-14-. The Kier molecular flexibility index (Phi) is 18.3.